The first-order chi connectivity index (χ1) is 5.29. The van der Waals surface area contributed by atoms with Crippen LogP contribution < -0.4 is 5.73 Å². The fourth-order valence-corrected chi connectivity index (χ4v) is 2.39. The van der Waals surface area contributed by atoms with Crippen molar-refractivity contribution in [3.63, 3.8) is 0 Å². The van der Waals surface area contributed by atoms with Gasteiger partial charge in [-0.25, -0.2) is 0 Å². The molecule has 1 aromatic rings. The molecule has 60 valence electrons. The summed E-state index contributed by atoms with van der Waals surface area (Å²) in [6.07, 6.45) is 1.30. The van der Waals surface area contributed by atoms with Crippen LogP contribution in [0.2, 0.25) is 0 Å². The number of thiophene rings is 1. The van der Waals surface area contributed by atoms with Crippen molar-refractivity contribution in [1.82, 2.24) is 0 Å². The van der Waals surface area contributed by atoms with Crippen LogP contribution in [0.5, 0.6) is 0 Å². The number of rotatable bonds is 2. The molecule has 0 saturated heterocycles. The van der Waals surface area contributed by atoms with E-state index in [1.807, 2.05) is 0 Å². The molecule has 2 heteroatoms. The SMILES string of the molecule is C[C@H](N)[C@@H]1C[C@@H]1c1ccsc1. The van der Waals surface area contributed by atoms with E-state index in [-0.39, 0.29) is 0 Å². The lowest BCUT2D eigenvalue weighted by molar-refractivity contribution is 0.632. The predicted molar refractivity (Wildman–Crippen MR) is 48.8 cm³/mol. The Kier molecular flexibility index (Phi) is 1.74. The van der Waals surface area contributed by atoms with Crippen molar-refractivity contribution in [2.24, 2.45) is 11.7 Å². The molecule has 11 heavy (non-hydrogen) atoms. The smallest absolute Gasteiger partial charge is 0.00448 e. The van der Waals surface area contributed by atoms with Crippen molar-refractivity contribution in [2.45, 2.75) is 25.3 Å². The molecule has 1 nitrogen and oxygen atoms in total. The molecule has 3 atom stereocenters. The van der Waals surface area contributed by atoms with Crippen LogP contribution in [0.4, 0.5) is 0 Å². The van der Waals surface area contributed by atoms with Gasteiger partial charge in [0.25, 0.3) is 0 Å². The summed E-state index contributed by atoms with van der Waals surface area (Å²) in [7, 11) is 0. The molecule has 0 unspecified atom stereocenters. The van der Waals surface area contributed by atoms with Crippen LogP contribution in [0.25, 0.3) is 0 Å². The van der Waals surface area contributed by atoms with Gasteiger partial charge in [-0.3, -0.25) is 0 Å². The molecule has 1 heterocycles. The Bertz CT molecular complexity index is 228. The van der Waals surface area contributed by atoms with E-state index in [2.05, 4.69) is 23.8 Å². The Balaban J connectivity index is 2.02. The quantitative estimate of drug-likeness (QED) is 0.718. The first-order valence-electron chi connectivity index (χ1n) is 4.06. The molecule has 0 aliphatic heterocycles. The summed E-state index contributed by atoms with van der Waals surface area (Å²) < 4.78 is 0. The maximum Gasteiger partial charge on any atom is 0.00448 e. The molecule has 0 aromatic carbocycles. The molecule has 0 bridgehead atoms. The maximum atomic E-state index is 5.80. The van der Waals surface area contributed by atoms with Crippen LogP contribution in [0.1, 0.15) is 24.8 Å². The second-order valence-corrected chi connectivity index (χ2v) is 4.20. The lowest BCUT2D eigenvalue weighted by Crippen LogP contribution is -2.17. The van der Waals surface area contributed by atoms with Crippen molar-refractivity contribution >= 4 is 11.3 Å². The van der Waals surface area contributed by atoms with Crippen LogP contribution in [0.3, 0.4) is 0 Å². The van der Waals surface area contributed by atoms with E-state index < -0.39 is 0 Å². The summed E-state index contributed by atoms with van der Waals surface area (Å²) in [5.74, 6) is 1.53. The Labute approximate surface area is 71.2 Å². The van der Waals surface area contributed by atoms with Gasteiger partial charge in [-0.1, -0.05) is 0 Å². The van der Waals surface area contributed by atoms with E-state index in [9.17, 15) is 0 Å². The minimum absolute atomic E-state index is 0.375. The highest BCUT2D eigenvalue weighted by molar-refractivity contribution is 7.08. The molecule has 0 spiro atoms. The summed E-state index contributed by atoms with van der Waals surface area (Å²) >= 11 is 1.78. The third kappa shape index (κ3) is 1.33. The van der Waals surface area contributed by atoms with E-state index in [0.717, 1.165) is 11.8 Å². The lowest BCUT2D eigenvalue weighted by Gasteiger charge is -2.00. The number of hydrogen-bond acceptors (Lipinski definition) is 2. The largest absolute Gasteiger partial charge is 0.328 e. The molecule has 1 aliphatic carbocycles. The van der Waals surface area contributed by atoms with E-state index >= 15 is 0 Å². The van der Waals surface area contributed by atoms with Gasteiger partial charge in [-0.15, -0.1) is 0 Å². The van der Waals surface area contributed by atoms with Gasteiger partial charge < -0.3 is 5.73 Å². The van der Waals surface area contributed by atoms with Gasteiger partial charge in [0, 0.05) is 6.04 Å². The first kappa shape index (κ1) is 7.32. The number of hydrogen-bond donors (Lipinski definition) is 1. The summed E-state index contributed by atoms with van der Waals surface area (Å²) in [5.41, 5.74) is 7.30. The van der Waals surface area contributed by atoms with Gasteiger partial charge in [0.05, 0.1) is 0 Å². The van der Waals surface area contributed by atoms with Crippen molar-refractivity contribution < 1.29 is 0 Å². The van der Waals surface area contributed by atoms with Gasteiger partial charge in [0.2, 0.25) is 0 Å². The number of nitrogens with two attached hydrogens (primary N) is 1. The minimum Gasteiger partial charge on any atom is -0.328 e. The van der Waals surface area contributed by atoms with Gasteiger partial charge in [-0.2, -0.15) is 11.3 Å². The molecule has 1 fully saturated rings. The van der Waals surface area contributed by atoms with Crippen LogP contribution in [0, 0.1) is 5.92 Å². The average Bonchev–Trinajstić information content (AvgIpc) is 2.60. The summed E-state index contributed by atoms with van der Waals surface area (Å²) in [6, 6.07) is 2.59. The zero-order chi connectivity index (χ0) is 7.84. The Morgan fingerprint density at radius 1 is 1.73 bits per heavy atom. The average molecular weight is 167 g/mol. The monoisotopic (exact) mass is 167 g/mol. The third-order valence-electron chi connectivity index (χ3n) is 2.49. The second kappa shape index (κ2) is 2.61. The zero-order valence-electron chi connectivity index (χ0n) is 6.66. The van der Waals surface area contributed by atoms with Crippen molar-refractivity contribution in [3.05, 3.63) is 22.4 Å². The summed E-state index contributed by atoms with van der Waals surface area (Å²) in [5, 5.41) is 4.39. The maximum absolute atomic E-state index is 5.80. The van der Waals surface area contributed by atoms with Crippen LogP contribution in [-0.2, 0) is 0 Å². The minimum atomic E-state index is 0.375. The van der Waals surface area contributed by atoms with Crippen molar-refractivity contribution in [3.8, 4) is 0 Å². The molecular weight excluding hydrogens is 154 g/mol. The van der Waals surface area contributed by atoms with Crippen LogP contribution in [-0.4, -0.2) is 6.04 Å². The Hall–Kier alpha value is -0.340. The van der Waals surface area contributed by atoms with E-state index in [1.165, 1.54) is 12.0 Å². The third-order valence-corrected chi connectivity index (χ3v) is 3.19. The Morgan fingerprint density at radius 2 is 2.55 bits per heavy atom. The highest BCUT2D eigenvalue weighted by atomic mass is 32.1. The molecule has 1 aliphatic rings. The normalized spacial score (nSPS) is 31.8. The first-order valence-corrected chi connectivity index (χ1v) is 5.01. The highest BCUT2D eigenvalue weighted by Crippen LogP contribution is 2.49. The standard InChI is InChI=1S/C9H13NS/c1-6(10)8-4-9(8)7-2-3-11-5-7/h2-3,5-6,8-9H,4,10H2,1H3/t6-,8-,9+/m0/s1. The predicted octanol–water partition coefficient (Wildman–Crippen LogP) is 2.20. The van der Waals surface area contributed by atoms with Crippen LogP contribution >= 0.6 is 11.3 Å². The van der Waals surface area contributed by atoms with E-state index in [4.69, 9.17) is 5.73 Å². The highest BCUT2D eigenvalue weighted by Gasteiger charge is 2.40. The zero-order valence-corrected chi connectivity index (χ0v) is 7.47. The molecule has 1 saturated carbocycles. The summed E-state index contributed by atoms with van der Waals surface area (Å²) in [4.78, 5) is 0. The van der Waals surface area contributed by atoms with E-state index in [0.29, 0.717) is 6.04 Å². The fraction of sp³-hybridized carbons (Fsp3) is 0.556. The van der Waals surface area contributed by atoms with Gasteiger partial charge in [0.15, 0.2) is 0 Å². The molecule has 0 radical (unpaired) electrons. The topological polar surface area (TPSA) is 26.0 Å². The van der Waals surface area contributed by atoms with Crippen molar-refractivity contribution in [2.75, 3.05) is 0 Å². The van der Waals surface area contributed by atoms with Gasteiger partial charge in [0.1, 0.15) is 0 Å². The molecule has 2 rings (SSSR count). The Morgan fingerprint density at radius 3 is 3.00 bits per heavy atom. The van der Waals surface area contributed by atoms with Gasteiger partial charge in [-0.05, 0) is 47.6 Å². The van der Waals surface area contributed by atoms with E-state index in [1.54, 1.807) is 11.3 Å². The molecular formula is C9H13NS. The molecule has 2 N–H and O–H groups in total. The fourth-order valence-electron chi connectivity index (χ4n) is 1.66. The molecule has 0 amide bonds. The van der Waals surface area contributed by atoms with Crippen LogP contribution in [0.15, 0.2) is 16.8 Å². The summed E-state index contributed by atoms with van der Waals surface area (Å²) in [6.45, 7) is 2.11. The molecule has 1 aromatic heterocycles. The van der Waals surface area contributed by atoms with Crippen molar-refractivity contribution in [1.29, 1.82) is 0 Å². The lowest BCUT2D eigenvalue weighted by atomic mass is 10.1. The second-order valence-electron chi connectivity index (χ2n) is 3.42. The van der Waals surface area contributed by atoms with Gasteiger partial charge >= 0.3 is 0 Å².